The third-order valence-corrected chi connectivity index (χ3v) is 2.33. The number of nitrogens with zero attached hydrogens (tertiary/aromatic N) is 1. The zero-order valence-electron chi connectivity index (χ0n) is 5.54. The van der Waals surface area contributed by atoms with Crippen molar-refractivity contribution in [1.29, 1.82) is 0 Å². The van der Waals surface area contributed by atoms with Gasteiger partial charge in [0.25, 0.3) is 0 Å². The SMILES string of the molecule is Cc1ccc(N(O)CCl)s1. The fourth-order valence-corrected chi connectivity index (χ4v) is 1.59. The molecule has 1 heterocycles. The number of rotatable bonds is 2. The van der Waals surface area contributed by atoms with E-state index in [4.69, 9.17) is 16.8 Å². The molecule has 1 aromatic rings. The van der Waals surface area contributed by atoms with Crippen LogP contribution in [0, 0.1) is 6.92 Å². The van der Waals surface area contributed by atoms with Gasteiger partial charge < -0.3 is 0 Å². The molecule has 1 aromatic heterocycles. The molecule has 0 amide bonds. The molecule has 4 heteroatoms. The van der Waals surface area contributed by atoms with E-state index in [0.29, 0.717) is 0 Å². The maximum atomic E-state index is 9.05. The van der Waals surface area contributed by atoms with E-state index in [2.05, 4.69) is 0 Å². The van der Waals surface area contributed by atoms with Crippen LogP contribution in [-0.2, 0) is 0 Å². The van der Waals surface area contributed by atoms with Gasteiger partial charge in [-0.25, -0.2) is 5.06 Å². The molecule has 0 aromatic carbocycles. The number of hydroxylamine groups is 1. The van der Waals surface area contributed by atoms with Crippen LogP contribution < -0.4 is 5.06 Å². The Kier molecular flexibility index (Phi) is 2.54. The maximum Gasteiger partial charge on any atom is 0.120 e. The van der Waals surface area contributed by atoms with Gasteiger partial charge in [-0.2, -0.15) is 0 Å². The van der Waals surface area contributed by atoms with Crippen LogP contribution in [0.4, 0.5) is 5.00 Å². The summed E-state index contributed by atoms with van der Waals surface area (Å²) in [6.45, 7) is 1.98. The van der Waals surface area contributed by atoms with E-state index >= 15 is 0 Å². The first-order valence-corrected chi connectivity index (χ1v) is 4.18. The van der Waals surface area contributed by atoms with Crippen molar-refractivity contribution in [3.8, 4) is 0 Å². The van der Waals surface area contributed by atoms with Gasteiger partial charge in [0.15, 0.2) is 0 Å². The Morgan fingerprint density at radius 2 is 2.40 bits per heavy atom. The number of thiophene rings is 1. The zero-order valence-corrected chi connectivity index (χ0v) is 7.11. The van der Waals surface area contributed by atoms with E-state index in [1.54, 1.807) is 0 Å². The predicted molar refractivity (Wildman–Crippen MR) is 44.0 cm³/mol. The average Bonchev–Trinajstić information content (AvgIpc) is 2.34. The first-order valence-electron chi connectivity index (χ1n) is 2.83. The first kappa shape index (κ1) is 7.85. The summed E-state index contributed by atoms with van der Waals surface area (Å²) in [5.74, 6) is 0. The van der Waals surface area contributed by atoms with Crippen molar-refractivity contribution in [2.24, 2.45) is 0 Å². The molecule has 0 aliphatic carbocycles. The summed E-state index contributed by atoms with van der Waals surface area (Å²) in [4.78, 5) is 1.17. The molecule has 1 N–H and O–H groups in total. The van der Waals surface area contributed by atoms with Gasteiger partial charge in [-0.15, -0.1) is 22.9 Å². The Morgan fingerprint density at radius 1 is 1.70 bits per heavy atom. The lowest BCUT2D eigenvalue weighted by atomic mass is 10.5. The molecule has 2 nitrogen and oxygen atoms in total. The summed E-state index contributed by atoms with van der Waals surface area (Å²) in [5.41, 5.74) is 0. The van der Waals surface area contributed by atoms with Crippen LogP contribution in [-0.4, -0.2) is 11.2 Å². The molecule has 0 aliphatic rings. The highest BCUT2D eigenvalue weighted by Gasteiger charge is 2.01. The Bertz CT molecular complexity index is 213. The highest BCUT2D eigenvalue weighted by atomic mass is 35.5. The number of hydrogen-bond acceptors (Lipinski definition) is 3. The van der Waals surface area contributed by atoms with Gasteiger partial charge in [-0.3, -0.25) is 5.21 Å². The molecule has 10 heavy (non-hydrogen) atoms. The number of alkyl halides is 1. The molecule has 0 unspecified atom stereocenters. The minimum absolute atomic E-state index is 0.111. The molecule has 0 saturated carbocycles. The van der Waals surface area contributed by atoms with E-state index in [1.807, 2.05) is 19.1 Å². The maximum absolute atomic E-state index is 9.05. The standard InChI is InChI=1S/C6H8ClNOS/c1-5-2-3-6(10-5)8(9)4-7/h2-3,9H,4H2,1H3. The van der Waals surface area contributed by atoms with Crippen LogP contribution >= 0.6 is 22.9 Å². The van der Waals surface area contributed by atoms with Gasteiger partial charge in [0, 0.05) is 4.88 Å². The van der Waals surface area contributed by atoms with Gasteiger partial charge in [0.2, 0.25) is 0 Å². The summed E-state index contributed by atoms with van der Waals surface area (Å²) in [7, 11) is 0. The topological polar surface area (TPSA) is 23.5 Å². The summed E-state index contributed by atoms with van der Waals surface area (Å²) in [6, 6.07) is 3.89. The molecular formula is C6H8ClNOS. The Hall–Kier alpha value is -0.250. The largest absolute Gasteiger partial charge is 0.286 e. The van der Waals surface area contributed by atoms with E-state index in [1.165, 1.54) is 16.2 Å². The lowest BCUT2D eigenvalue weighted by Crippen LogP contribution is -2.13. The molecule has 56 valence electrons. The van der Waals surface area contributed by atoms with E-state index < -0.39 is 0 Å². The molecule has 0 aliphatic heterocycles. The lowest BCUT2D eigenvalue weighted by Gasteiger charge is -2.08. The van der Waals surface area contributed by atoms with E-state index in [9.17, 15) is 0 Å². The van der Waals surface area contributed by atoms with Crippen LogP contribution in [0.3, 0.4) is 0 Å². The van der Waals surface area contributed by atoms with Gasteiger partial charge >= 0.3 is 0 Å². The molecule has 0 spiro atoms. The lowest BCUT2D eigenvalue weighted by molar-refractivity contribution is 0.275. The number of aryl methyl sites for hydroxylation is 1. The van der Waals surface area contributed by atoms with Crippen LogP contribution in [0.25, 0.3) is 0 Å². The van der Waals surface area contributed by atoms with E-state index in [0.717, 1.165) is 10.1 Å². The molecule has 1 rings (SSSR count). The predicted octanol–water partition coefficient (Wildman–Crippen LogP) is 2.45. The second-order valence-corrected chi connectivity index (χ2v) is 3.41. The van der Waals surface area contributed by atoms with Crippen molar-refractivity contribution in [1.82, 2.24) is 0 Å². The number of hydrogen-bond donors (Lipinski definition) is 1. The summed E-state index contributed by atoms with van der Waals surface area (Å²) in [5, 5.41) is 10.9. The summed E-state index contributed by atoms with van der Waals surface area (Å²) >= 11 is 6.89. The zero-order chi connectivity index (χ0) is 7.56. The van der Waals surface area contributed by atoms with Gasteiger partial charge in [-0.05, 0) is 19.1 Å². The number of anilines is 1. The molecule has 0 radical (unpaired) electrons. The van der Waals surface area contributed by atoms with Crippen molar-refractivity contribution < 1.29 is 5.21 Å². The summed E-state index contributed by atoms with van der Waals surface area (Å²) in [6.07, 6.45) is 0. The third kappa shape index (κ3) is 1.62. The normalized spacial score (nSPS) is 9.90. The molecular weight excluding hydrogens is 170 g/mol. The fraction of sp³-hybridized carbons (Fsp3) is 0.333. The molecule has 0 fully saturated rings. The molecule has 0 bridgehead atoms. The Morgan fingerprint density at radius 3 is 2.80 bits per heavy atom. The van der Waals surface area contributed by atoms with Crippen LogP contribution in [0.5, 0.6) is 0 Å². The third-order valence-electron chi connectivity index (χ3n) is 1.09. The van der Waals surface area contributed by atoms with Crippen LogP contribution in [0.2, 0.25) is 0 Å². The van der Waals surface area contributed by atoms with Crippen molar-refractivity contribution in [3.05, 3.63) is 17.0 Å². The molecule has 0 saturated heterocycles. The first-order chi connectivity index (χ1) is 4.74. The minimum atomic E-state index is 0.111. The Balaban J connectivity index is 2.74. The monoisotopic (exact) mass is 177 g/mol. The number of halogens is 1. The van der Waals surface area contributed by atoms with Crippen molar-refractivity contribution in [3.63, 3.8) is 0 Å². The highest BCUT2D eigenvalue weighted by Crippen LogP contribution is 2.23. The van der Waals surface area contributed by atoms with Crippen molar-refractivity contribution in [2.45, 2.75) is 6.92 Å². The smallest absolute Gasteiger partial charge is 0.120 e. The highest BCUT2D eigenvalue weighted by molar-refractivity contribution is 7.16. The van der Waals surface area contributed by atoms with Crippen LogP contribution in [0.15, 0.2) is 12.1 Å². The second-order valence-electron chi connectivity index (χ2n) is 1.90. The quantitative estimate of drug-likeness (QED) is 0.426. The second kappa shape index (κ2) is 3.23. The summed E-state index contributed by atoms with van der Waals surface area (Å²) < 4.78 is 0. The Labute approximate surface area is 68.6 Å². The minimum Gasteiger partial charge on any atom is -0.286 e. The van der Waals surface area contributed by atoms with Crippen molar-refractivity contribution >= 4 is 27.9 Å². The van der Waals surface area contributed by atoms with Crippen LogP contribution in [0.1, 0.15) is 4.88 Å². The van der Waals surface area contributed by atoms with Gasteiger partial charge in [0.05, 0.1) is 0 Å². The van der Waals surface area contributed by atoms with Gasteiger partial charge in [0.1, 0.15) is 11.0 Å². The van der Waals surface area contributed by atoms with Crippen molar-refractivity contribution in [2.75, 3.05) is 11.1 Å². The molecule has 0 atom stereocenters. The fourth-order valence-electron chi connectivity index (χ4n) is 0.619. The van der Waals surface area contributed by atoms with E-state index in [-0.39, 0.29) is 6.00 Å². The average molecular weight is 178 g/mol. The van der Waals surface area contributed by atoms with Gasteiger partial charge in [-0.1, -0.05) is 0 Å².